The molecule has 3 heteroatoms. The topological polar surface area (TPSA) is 39.2 Å². The van der Waals surface area contributed by atoms with Gasteiger partial charge in [-0.15, -0.1) is 0 Å². The van der Waals surface area contributed by atoms with Gasteiger partial charge in [-0.25, -0.2) is 4.79 Å². The molecule has 0 radical (unpaired) electrons. The highest BCUT2D eigenvalue weighted by Crippen LogP contribution is 2.33. The lowest BCUT2D eigenvalue weighted by Crippen LogP contribution is -2.13. The molecule has 1 aliphatic rings. The Morgan fingerprint density at radius 2 is 2.00 bits per heavy atom. The minimum absolute atomic E-state index is 0.279. The number of rotatable bonds is 2. The summed E-state index contributed by atoms with van der Waals surface area (Å²) in [6, 6.07) is 10.3. The Labute approximate surface area is 118 Å². The quantitative estimate of drug-likeness (QED) is 0.783. The molecule has 0 fully saturated rings. The summed E-state index contributed by atoms with van der Waals surface area (Å²) in [5.74, 6) is -0.279. The summed E-state index contributed by atoms with van der Waals surface area (Å²) in [6.07, 6.45) is 1.92. The van der Waals surface area contributed by atoms with Crippen molar-refractivity contribution in [2.75, 3.05) is 6.61 Å². The molecule has 0 aliphatic heterocycles. The molecule has 1 aromatic heterocycles. The molecule has 1 aliphatic carbocycles. The van der Waals surface area contributed by atoms with E-state index >= 15 is 0 Å². The van der Waals surface area contributed by atoms with E-state index in [1.807, 2.05) is 26.0 Å². The first kappa shape index (κ1) is 12.9. The zero-order valence-corrected chi connectivity index (χ0v) is 11.8. The number of pyridine rings is 1. The van der Waals surface area contributed by atoms with Gasteiger partial charge in [0.1, 0.15) is 0 Å². The number of aryl methyl sites for hydroxylation is 3. The number of carbonyl (C=O) groups is 1. The van der Waals surface area contributed by atoms with Gasteiger partial charge in [-0.3, -0.25) is 4.98 Å². The highest BCUT2D eigenvalue weighted by atomic mass is 16.5. The number of aromatic nitrogens is 1. The molecular formula is C17H17NO2. The number of fused-ring (bicyclic) bond motifs is 3. The van der Waals surface area contributed by atoms with Crippen LogP contribution in [0.3, 0.4) is 0 Å². The van der Waals surface area contributed by atoms with Crippen molar-refractivity contribution in [2.45, 2.75) is 26.7 Å². The SMILES string of the molecule is CCOC(=O)c1cc2c(nc1C)-c1ccccc1CC2. The Morgan fingerprint density at radius 1 is 1.25 bits per heavy atom. The maximum Gasteiger partial charge on any atom is 0.339 e. The smallest absolute Gasteiger partial charge is 0.339 e. The summed E-state index contributed by atoms with van der Waals surface area (Å²) < 4.78 is 5.09. The molecule has 1 aromatic carbocycles. The van der Waals surface area contributed by atoms with Crippen molar-refractivity contribution in [2.24, 2.45) is 0 Å². The van der Waals surface area contributed by atoms with Crippen LogP contribution in [0.5, 0.6) is 0 Å². The van der Waals surface area contributed by atoms with Gasteiger partial charge in [-0.1, -0.05) is 24.3 Å². The lowest BCUT2D eigenvalue weighted by Gasteiger charge is -2.20. The first-order valence-corrected chi connectivity index (χ1v) is 6.96. The molecule has 0 atom stereocenters. The van der Waals surface area contributed by atoms with Crippen LogP contribution in [0, 0.1) is 6.92 Å². The van der Waals surface area contributed by atoms with Crippen LogP contribution in [0.1, 0.15) is 34.1 Å². The maximum atomic E-state index is 11.9. The van der Waals surface area contributed by atoms with Crippen LogP contribution in [0.2, 0.25) is 0 Å². The Bertz CT molecular complexity index is 677. The van der Waals surface area contributed by atoms with Gasteiger partial charge in [0.15, 0.2) is 0 Å². The normalized spacial score (nSPS) is 12.5. The van der Waals surface area contributed by atoms with Crippen molar-refractivity contribution in [3.63, 3.8) is 0 Å². The second-order valence-corrected chi connectivity index (χ2v) is 5.01. The zero-order chi connectivity index (χ0) is 14.1. The summed E-state index contributed by atoms with van der Waals surface area (Å²) >= 11 is 0. The fraction of sp³-hybridized carbons (Fsp3) is 0.294. The second kappa shape index (κ2) is 5.08. The molecule has 0 saturated carbocycles. The molecule has 3 rings (SSSR count). The van der Waals surface area contributed by atoms with Gasteiger partial charge in [-0.2, -0.15) is 0 Å². The van der Waals surface area contributed by atoms with Crippen LogP contribution in [-0.4, -0.2) is 17.6 Å². The average Bonchev–Trinajstić information content (AvgIpc) is 2.46. The Morgan fingerprint density at radius 3 is 2.80 bits per heavy atom. The average molecular weight is 267 g/mol. The lowest BCUT2D eigenvalue weighted by atomic mass is 9.88. The molecule has 1 heterocycles. The van der Waals surface area contributed by atoms with Crippen molar-refractivity contribution >= 4 is 5.97 Å². The van der Waals surface area contributed by atoms with Crippen molar-refractivity contribution in [1.82, 2.24) is 4.98 Å². The molecule has 2 aromatic rings. The fourth-order valence-electron chi connectivity index (χ4n) is 2.72. The first-order valence-electron chi connectivity index (χ1n) is 6.96. The third-order valence-corrected chi connectivity index (χ3v) is 3.72. The van der Waals surface area contributed by atoms with E-state index in [9.17, 15) is 4.79 Å². The van der Waals surface area contributed by atoms with E-state index < -0.39 is 0 Å². The zero-order valence-electron chi connectivity index (χ0n) is 11.8. The molecule has 3 nitrogen and oxygen atoms in total. The highest BCUT2D eigenvalue weighted by molar-refractivity contribution is 5.91. The minimum Gasteiger partial charge on any atom is -0.462 e. The molecule has 20 heavy (non-hydrogen) atoms. The second-order valence-electron chi connectivity index (χ2n) is 5.01. The molecule has 0 amide bonds. The fourth-order valence-corrected chi connectivity index (χ4v) is 2.72. The molecule has 0 bridgehead atoms. The number of carbonyl (C=O) groups excluding carboxylic acids is 1. The van der Waals surface area contributed by atoms with Crippen molar-refractivity contribution in [3.8, 4) is 11.3 Å². The predicted molar refractivity (Wildman–Crippen MR) is 77.8 cm³/mol. The van der Waals surface area contributed by atoms with Gasteiger partial charge < -0.3 is 4.74 Å². The van der Waals surface area contributed by atoms with Gasteiger partial charge in [0.05, 0.1) is 23.6 Å². The van der Waals surface area contributed by atoms with Crippen LogP contribution in [0.25, 0.3) is 11.3 Å². The summed E-state index contributed by atoms with van der Waals surface area (Å²) in [7, 11) is 0. The van der Waals surface area contributed by atoms with E-state index in [4.69, 9.17) is 4.74 Å². The van der Waals surface area contributed by atoms with E-state index in [2.05, 4.69) is 23.2 Å². The van der Waals surface area contributed by atoms with E-state index in [0.29, 0.717) is 12.2 Å². The van der Waals surface area contributed by atoms with Gasteiger partial charge in [0, 0.05) is 5.56 Å². The summed E-state index contributed by atoms with van der Waals surface area (Å²) in [6.45, 7) is 4.07. The Balaban J connectivity index is 2.10. The van der Waals surface area contributed by atoms with Crippen LogP contribution in [-0.2, 0) is 17.6 Å². The standard InChI is InChI=1S/C17H17NO2/c1-3-20-17(19)15-10-13-9-8-12-6-4-5-7-14(12)16(13)18-11(15)2/h4-7,10H,3,8-9H2,1-2H3. The van der Waals surface area contributed by atoms with E-state index in [0.717, 1.165) is 29.8 Å². The molecule has 0 spiro atoms. The molecule has 0 N–H and O–H groups in total. The van der Waals surface area contributed by atoms with E-state index in [1.54, 1.807) is 0 Å². The van der Waals surface area contributed by atoms with Gasteiger partial charge >= 0.3 is 5.97 Å². The summed E-state index contributed by atoms with van der Waals surface area (Å²) in [4.78, 5) is 16.6. The molecule has 102 valence electrons. The molecule has 0 unspecified atom stereocenters. The highest BCUT2D eigenvalue weighted by Gasteiger charge is 2.21. The Kier molecular flexibility index (Phi) is 3.26. The van der Waals surface area contributed by atoms with E-state index in [1.165, 1.54) is 11.1 Å². The van der Waals surface area contributed by atoms with Crippen LogP contribution in [0.4, 0.5) is 0 Å². The largest absolute Gasteiger partial charge is 0.462 e. The lowest BCUT2D eigenvalue weighted by molar-refractivity contribution is 0.0525. The maximum absolute atomic E-state index is 11.9. The third kappa shape index (κ3) is 2.09. The van der Waals surface area contributed by atoms with E-state index in [-0.39, 0.29) is 5.97 Å². The van der Waals surface area contributed by atoms with Gasteiger partial charge in [-0.05, 0) is 43.9 Å². The van der Waals surface area contributed by atoms with Crippen molar-refractivity contribution in [3.05, 3.63) is 52.7 Å². The van der Waals surface area contributed by atoms with Crippen LogP contribution < -0.4 is 0 Å². The predicted octanol–water partition coefficient (Wildman–Crippen LogP) is 3.33. The number of hydrogen-bond donors (Lipinski definition) is 0. The number of ether oxygens (including phenoxy) is 1. The van der Waals surface area contributed by atoms with Crippen LogP contribution >= 0.6 is 0 Å². The summed E-state index contributed by atoms with van der Waals surface area (Å²) in [5, 5.41) is 0. The number of nitrogens with zero attached hydrogens (tertiary/aromatic N) is 1. The molecular weight excluding hydrogens is 250 g/mol. The Hall–Kier alpha value is -2.16. The first-order chi connectivity index (χ1) is 9.70. The van der Waals surface area contributed by atoms with Crippen LogP contribution in [0.15, 0.2) is 30.3 Å². The molecule has 0 saturated heterocycles. The summed E-state index contributed by atoms with van der Waals surface area (Å²) in [5.41, 5.74) is 5.99. The third-order valence-electron chi connectivity index (χ3n) is 3.72. The minimum atomic E-state index is -0.279. The number of benzene rings is 1. The number of hydrogen-bond acceptors (Lipinski definition) is 3. The number of esters is 1. The monoisotopic (exact) mass is 267 g/mol. The van der Waals surface area contributed by atoms with Crippen molar-refractivity contribution in [1.29, 1.82) is 0 Å². The van der Waals surface area contributed by atoms with Gasteiger partial charge in [0.2, 0.25) is 0 Å². The van der Waals surface area contributed by atoms with Gasteiger partial charge in [0.25, 0.3) is 0 Å². The van der Waals surface area contributed by atoms with Crippen molar-refractivity contribution < 1.29 is 9.53 Å².